The minimum Gasteiger partial charge on any atom is -0.389 e. The highest BCUT2D eigenvalue weighted by Gasteiger charge is 2.19. The first kappa shape index (κ1) is 14.5. The van der Waals surface area contributed by atoms with Crippen molar-refractivity contribution >= 4 is 15.7 Å². The molecular weight excluding hydrogens is 278 g/mol. The van der Waals surface area contributed by atoms with Crippen molar-refractivity contribution in [1.29, 1.82) is 0 Å². The van der Waals surface area contributed by atoms with Gasteiger partial charge in [0.25, 0.3) is 10.0 Å². The molecular formula is C13H17N3O3S. The molecule has 2 aromatic rings. The van der Waals surface area contributed by atoms with Crippen LogP contribution in [-0.4, -0.2) is 23.5 Å². The van der Waals surface area contributed by atoms with Crippen LogP contribution in [0.1, 0.15) is 31.3 Å². The average Bonchev–Trinajstić information content (AvgIpc) is 2.88. The SMILES string of the molecule is CCc1ncc(S(=O)(=O)Nc2ccccc2C(C)O)[nH]1. The summed E-state index contributed by atoms with van der Waals surface area (Å²) >= 11 is 0. The summed E-state index contributed by atoms with van der Waals surface area (Å²) in [5.41, 5.74) is 0.876. The maximum absolute atomic E-state index is 12.2. The monoisotopic (exact) mass is 295 g/mol. The summed E-state index contributed by atoms with van der Waals surface area (Å²) in [7, 11) is -3.74. The first-order valence-corrected chi connectivity index (χ1v) is 7.76. The number of anilines is 1. The first-order valence-electron chi connectivity index (χ1n) is 6.27. The van der Waals surface area contributed by atoms with Gasteiger partial charge in [0.2, 0.25) is 0 Å². The molecule has 0 amide bonds. The number of aliphatic hydroxyl groups is 1. The van der Waals surface area contributed by atoms with E-state index in [-0.39, 0.29) is 5.03 Å². The highest BCUT2D eigenvalue weighted by atomic mass is 32.2. The first-order chi connectivity index (χ1) is 9.44. The van der Waals surface area contributed by atoms with Crippen LogP contribution in [0.25, 0.3) is 0 Å². The lowest BCUT2D eigenvalue weighted by atomic mass is 10.1. The maximum atomic E-state index is 12.2. The van der Waals surface area contributed by atoms with Gasteiger partial charge in [-0.1, -0.05) is 25.1 Å². The predicted octanol–water partition coefficient (Wildman–Crippen LogP) is 1.83. The lowest BCUT2D eigenvalue weighted by molar-refractivity contribution is 0.200. The standard InChI is InChI=1S/C13H17N3O3S/c1-3-12-14-8-13(15-12)20(18,19)16-11-7-5-4-6-10(11)9(2)17/h4-9,16-17H,3H2,1-2H3,(H,14,15). The van der Waals surface area contributed by atoms with Crippen molar-refractivity contribution < 1.29 is 13.5 Å². The van der Waals surface area contributed by atoms with Crippen molar-refractivity contribution in [3.63, 3.8) is 0 Å². The van der Waals surface area contributed by atoms with E-state index in [2.05, 4.69) is 14.7 Å². The zero-order valence-corrected chi connectivity index (χ0v) is 12.1. The number of aromatic nitrogens is 2. The molecule has 108 valence electrons. The molecule has 6 nitrogen and oxygen atoms in total. The zero-order chi connectivity index (χ0) is 14.8. The Hall–Kier alpha value is -1.86. The van der Waals surface area contributed by atoms with E-state index < -0.39 is 16.1 Å². The normalized spacial score (nSPS) is 13.2. The number of nitrogens with zero attached hydrogens (tertiary/aromatic N) is 1. The molecule has 0 bridgehead atoms. The van der Waals surface area contributed by atoms with Gasteiger partial charge in [0, 0.05) is 12.0 Å². The van der Waals surface area contributed by atoms with Crippen LogP contribution in [0.5, 0.6) is 0 Å². The lowest BCUT2D eigenvalue weighted by Gasteiger charge is -2.13. The van der Waals surface area contributed by atoms with Gasteiger partial charge in [-0.3, -0.25) is 4.72 Å². The topological polar surface area (TPSA) is 95.1 Å². The molecule has 2 rings (SSSR count). The number of para-hydroxylation sites is 1. The Bertz CT molecular complexity index is 692. The molecule has 0 aliphatic heterocycles. The number of aromatic amines is 1. The molecule has 1 unspecified atom stereocenters. The molecule has 20 heavy (non-hydrogen) atoms. The fraction of sp³-hybridized carbons (Fsp3) is 0.308. The summed E-state index contributed by atoms with van der Waals surface area (Å²) in [6, 6.07) is 6.73. The van der Waals surface area contributed by atoms with Crippen molar-refractivity contribution in [2.45, 2.75) is 31.4 Å². The second-order valence-corrected chi connectivity index (χ2v) is 6.07. The van der Waals surface area contributed by atoms with Gasteiger partial charge in [0.05, 0.1) is 18.0 Å². The summed E-state index contributed by atoms with van der Waals surface area (Å²) in [5.74, 6) is 0.606. The van der Waals surface area contributed by atoms with Crippen molar-refractivity contribution in [3.05, 3.63) is 41.9 Å². The Kier molecular flexibility index (Phi) is 4.10. The molecule has 0 saturated heterocycles. The zero-order valence-electron chi connectivity index (χ0n) is 11.3. The lowest BCUT2D eigenvalue weighted by Crippen LogP contribution is -2.15. The van der Waals surface area contributed by atoms with Gasteiger partial charge in [-0.15, -0.1) is 0 Å². The van der Waals surface area contributed by atoms with Crippen LogP contribution in [0, 0.1) is 0 Å². The summed E-state index contributed by atoms with van der Waals surface area (Å²) in [6.45, 7) is 3.46. The fourth-order valence-electron chi connectivity index (χ4n) is 1.81. The van der Waals surface area contributed by atoms with Gasteiger partial charge in [-0.25, -0.2) is 4.98 Å². The molecule has 7 heteroatoms. The van der Waals surface area contributed by atoms with Crippen LogP contribution < -0.4 is 4.72 Å². The molecule has 1 aromatic carbocycles. The summed E-state index contributed by atoms with van der Waals surface area (Å²) in [4.78, 5) is 6.72. The summed E-state index contributed by atoms with van der Waals surface area (Å²) in [6.07, 6.45) is 1.15. The highest BCUT2D eigenvalue weighted by molar-refractivity contribution is 7.92. The number of hydrogen-bond acceptors (Lipinski definition) is 4. The number of imidazole rings is 1. The largest absolute Gasteiger partial charge is 0.389 e. The van der Waals surface area contributed by atoms with E-state index in [0.29, 0.717) is 23.5 Å². The number of nitrogens with one attached hydrogen (secondary N) is 2. The second-order valence-electron chi connectivity index (χ2n) is 4.42. The number of hydrogen-bond donors (Lipinski definition) is 3. The van der Waals surface area contributed by atoms with Gasteiger partial charge >= 0.3 is 0 Å². The van der Waals surface area contributed by atoms with Crippen molar-refractivity contribution in [2.75, 3.05) is 4.72 Å². The van der Waals surface area contributed by atoms with E-state index in [9.17, 15) is 13.5 Å². The van der Waals surface area contributed by atoms with Crippen molar-refractivity contribution in [1.82, 2.24) is 9.97 Å². The number of aliphatic hydroxyl groups excluding tert-OH is 1. The Morgan fingerprint density at radius 1 is 1.40 bits per heavy atom. The maximum Gasteiger partial charge on any atom is 0.278 e. The van der Waals surface area contributed by atoms with Gasteiger partial charge in [0.15, 0.2) is 5.03 Å². The van der Waals surface area contributed by atoms with Crippen LogP contribution in [0.3, 0.4) is 0 Å². The number of H-pyrrole nitrogens is 1. The number of benzene rings is 1. The van der Waals surface area contributed by atoms with E-state index >= 15 is 0 Å². The summed E-state index contributed by atoms with van der Waals surface area (Å²) < 4.78 is 26.9. The van der Waals surface area contributed by atoms with Crippen LogP contribution in [-0.2, 0) is 16.4 Å². The second kappa shape index (κ2) is 5.64. The van der Waals surface area contributed by atoms with Gasteiger partial charge in [-0.05, 0) is 13.0 Å². The average molecular weight is 295 g/mol. The molecule has 0 radical (unpaired) electrons. The van der Waals surface area contributed by atoms with Crippen LogP contribution >= 0.6 is 0 Å². The van der Waals surface area contributed by atoms with Crippen LogP contribution in [0.15, 0.2) is 35.5 Å². The van der Waals surface area contributed by atoms with Crippen molar-refractivity contribution in [2.24, 2.45) is 0 Å². The van der Waals surface area contributed by atoms with E-state index in [0.717, 1.165) is 0 Å². The van der Waals surface area contributed by atoms with Crippen LogP contribution in [0.4, 0.5) is 5.69 Å². The van der Waals surface area contributed by atoms with Crippen molar-refractivity contribution in [3.8, 4) is 0 Å². The van der Waals surface area contributed by atoms with E-state index in [1.54, 1.807) is 31.2 Å². The Labute approximate surface area is 117 Å². The molecule has 1 aromatic heterocycles. The molecule has 0 saturated carbocycles. The third kappa shape index (κ3) is 3.00. The molecule has 0 aliphatic rings. The quantitative estimate of drug-likeness (QED) is 0.784. The van der Waals surface area contributed by atoms with Gasteiger partial charge < -0.3 is 10.1 Å². The van der Waals surface area contributed by atoms with Crippen LogP contribution in [0.2, 0.25) is 0 Å². The minimum absolute atomic E-state index is 0.00902. The van der Waals surface area contributed by atoms with E-state index in [1.807, 2.05) is 6.92 Å². The predicted molar refractivity (Wildman–Crippen MR) is 75.9 cm³/mol. The molecule has 1 heterocycles. The fourth-order valence-corrected chi connectivity index (χ4v) is 2.84. The number of sulfonamides is 1. The van der Waals surface area contributed by atoms with E-state index in [4.69, 9.17) is 0 Å². The number of aryl methyl sites for hydroxylation is 1. The Morgan fingerprint density at radius 3 is 2.70 bits per heavy atom. The third-order valence-electron chi connectivity index (χ3n) is 2.88. The molecule has 3 N–H and O–H groups in total. The number of rotatable bonds is 5. The molecule has 0 aliphatic carbocycles. The smallest absolute Gasteiger partial charge is 0.278 e. The molecule has 1 atom stereocenters. The Balaban J connectivity index is 2.33. The third-order valence-corrected chi connectivity index (χ3v) is 4.16. The highest BCUT2D eigenvalue weighted by Crippen LogP contribution is 2.24. The molecule has 0 fully saturated rings. The van der Waals surface area contributed by atoms with E-state index in [1.165, 1.54) is 6.20 Å². The van der Waals surface area contributed by atoms with Gasteiger partial charge in [0.1, 0.15) is 5.82 Å². The minimum atomic E-state index is -3.74. The van der Waals surface area contributed by atoms with Gasteiger partial charge in [-0.2, -0.15) is 8.42 Å². The molecule has 0 spiro atoms. The summed E-state index contributed by atoms with van der Waals surface area (Å²) in [5, 5.41) is 9.67. The Morgan fingerprint density at radius 2 is 2.10 bits per heavy atom.